The van der Waals surface area contributed by atoms with E-state index in [1.165, 1.54) is 71.1 Å². The van der Waals surface area contributed by atoms with Crippen LogP contribution in [-0.2, 0) is 0 Å². The van der Waals surface area contributed by atoms with Crippen LogP contribution in [0.15, 0.2) is 0 Å². The van der Waals surface area contributed by atoms with E-state index in [1.54, 1.807) is 0 Å². The second-order valence-electron chi connectivity index (χ2n) is 7.91. The number of aliphatic hydroxyl groups excluding tert-OH is 1. The molecule has 1 saturated heterocycles. The number of hydrogen-bond acceptors (Lipinski definition) is 4. The maximum Gasteiger partial charge on any atom is 0.0613 e. The van der Waals surface area contributed by atoms with Crippen molar-refractivity contribution in [3.63, 3.8) is 0 Å². The minimum Gasteiger partial charge on any atom is -0.394 e. The Labute approximate surface area is 128 Å². The highest BCUT2D eigenvalue weighted by Crippen LogP contribution is 2.35. The highest BCUT2D eigenvalue weighted by atomic mass is 16.3. The first kappa shape index (κ1) is 14.4. The fourth-order valence-electron chi connectivity index (χ4n) is 4.53. The van der Waals surface area contributed by atoms with Crippen molar-refractivity contribution in [2.24, 2.45) is 0 Å². The summed E-state index contributed by atoms with van der Waals surface area (Å²) >= 11 is 0. The third-order valence-electron chi connectivity index (χ3n) is 6.14. The molecule has 0 aromatic carbocycles. The van der Waals surface area contributed by atoms with Crippen LogP contribution in [0.2, 0.25) is 0 Å². The Hall–Kier alpha value is -0.160. The number of hydrogen-bond donors (Lipinski definition) is 2. The summed E-state index contributed by atoms with van der Waals surface area (Å²) < 4.78 is 0. The van der Waals surface area contributed by atoms with Crippen molar-refractivity contribution in [3.8, 4) is 0 Å². The molecule has 3 saturated carbocycles. The Morgan fingerprint density at radius 2 is 1.57 bits per heavy atom. The van der Waals surface area contributed by atoms with E-state index in [2.05, 4.69) is 15.1 Å². The smallest absolute Gasteiger partial charge is 0.0613 e. The van der Waals surface area contributed by atoms with E-state index in [-0.39, 0.29) is 5.54 Å². The summed E-state index contributed by atoms with van der Waals surface area (Å²) in [5.41, 5.74) is 0.0255. The average molecular weight is 293 g/mol. The molecule has 0 radical (unpaired) electrons. The zero-order chi connectivity index (χ0) is 14.3. The predicted molar refractivity (Wildman–Crippen MR) is 84.4 cm³/mol. The first-order chi connectivity index (χ1) is 10.3. The predicted octanol–water partition coefficient (Wildman–Crippen LogP) is 1.19. The van der Waals surface area contributed by atoms with Gasteiger partial charge in [-0.25, -0.2) is 0 Å². The minimum atomic E-state index is 0.0255. The molecule has 4 rings (SSSR count). The highest BCUT2D eigenvalue weighted by Gasteiger charge is 2.42. The van der Waals surface area contributed by atoms with E-state index in [0.29, 0.717) is 18.7 Å². The van der Waals surface area contributed by atoms with E-state index in [4.69, 9.17) is 0 Å². The Balaban J connectivity index is 1.33. The molecule has 2 atom stereocenters. The SMILES string of the molecule is OCC1(NC2CC2)CCCC(N2CCN(C3CC3)CC2)C1. The van der Waals surface area contributed by atoms with E-state index in [1.807, 2.05) is 0 Å². The van der Waals surface area contributed by atoms with Crippen molar-refractivity contribution in [1.82, 2.24) is 15.1 Å². The normalized spacial score (nSPS) is 39.6. The Morgan fingerprint density at radius 1 is 0.905 bits per heavy atom. The van der Waals surface area contributed by atoms with Crippen LogP contribution in [-0.4, -0.2) is 71.4 Å². The molecule has 4 aliphatic rings. The van der Waals surface area contributed by atoms with Crippen LogP contribution in [0.4, 0.5) is 0 Å². The summed E-state index contributed by atoms with van der Waals surface area (Å²) in [6.07, 6.45) is 10.4. The summed E-state index contributed by atoms with van der Waals surface area (Å²) in [5, 5.41) is 13.7. The second-order valence-corrected chi connectivity index (χ2v) is 7.91. The molecule has 120 valence electrons. The Morgan fingerprint density at radius 3 is 2.14 bits per heavy atom. The van der Waals surface area contributed by atoms with Gasteiger partial charge in [0.25, 0.3) is 0 Å². The molecule has 4 nitrogen and oxygen atoms in total. The lowest BCUT2D eigenvalue weighted by Gasteiger charge is -2.47. The van der Waals surface area contributed by atoms with E-state index in [0.717, 1.165) is 12.5 Å². The number of piperazine rings is 1. The molecule has 2 unspecified atom stereocenters. The average Bonchev–Trinajstić information content (AvgIpc) is 3.41. The van der Waals surface area contributed by atoms with Crippen LogP contribution in [0.25, 0.3) is 0 Å². The van der Waals surface area contributed by atoms with Gasteiger partial charge in [-0.05, 0) is 51.4 Å². The van der Waals surface area contributed by atoms with Crippen molar-refractivity contribution >= 4 is 0 Å². The van der Waals surface area contributed by atoms with Crippen molar-refractivity contribution in [2.45, 2.75) is 75.0 Å². The van der Waals surface area contributed by atoms with Gasteiger partial charge in [0.15, 0.2) is 0 Å². The topological polar surface area (TPSA) is 38.7 Å². The first-order valence-corrected chi connectivity index (χ1v) is 9.15. The molecular weight excluding hydrogens is 262 g/mol. The van der Waals surface area contributed by atoms with E-state index in [9.17, 15) is 5.11 Å². The van der Waals surface area contributed by atoms with Crippen LogP contribution < -0.4 is 5.32 Å². The van der Waals surface area contributed by atoms with Crippen LogP contribution in [0.5, 0.6) is 0 Å². The lowest BCUT2D eigenvalue weighted by atomic mass is 9.78. The zero-order valence-electron chi connectivity index (χ0n) is 13.3. The maximum absolute atomic E-state index is 9.97. The zero-order valence-corrected chi connectivity index (χ0v) is 13.3. The van der Waals surface area contributed by atoms with Gasteiger partial charge in [-0.2, -0.15) is 0 Å². The van der Waals surface area contributed by atoms with E-state index >= 15 is 0 Å². The molecule has 1 aliphatic heterocycles. The first-order valence-electron chi connectivity index (χ1n) is 9.15. The molecule has 0 bridgehead atoms. The molecule has 4 fully saturated rings. The number of rotatable bonds is 5. The monoisotopic (exact) mass is 293 g/mol. The Kier molecular flexibility index (Phi) is 3.99. The molecule has 0 aromatic rings. The van der Waals surface area contributed by atoms with Gasteiger partial charge in [0.1, 0.15) is 0 Å². The van der Waals surface area contributed by atoms with Gasteiger partial charge in [-0.3, -0.25) is 9.80 Å². The summed E-state index contributed by atoms with van der Waals surface area (Å²) in [7, 11) is 0. The summed E-state index contributed by atoms with van der Waals surface area (Å²) in [4.78, 5) is 5.41. The van der Waals surface area contributed by atoms with Crippen molar-refractivity contribution in [2.75, 3.05) is 32.8 Å². The van der Waals surface area contributed by atoms with Gasteiger partial charge in [0.05, 0.1) is 6.61 Å². The summed E-state index contributed by atoms with van der Waals surface area (Å²) in [5.74, 6) is 0. The number of nitrogens with one attached hydrogen (secondary N) is 1. The fourth-order valence-corrected chi connectivity index (χ4v) is 4.53. The molecule has 0 spiro atoms. The van der Waals surface area contributed by atoms with Gasteiger partial charge in [0, 0.05) is 49.8 Å². The van der Waals surface area contributed by atoms with Gasteiger partial charge in [-0.15, -0.1) is 0 Å². The van der Waals surface area contributed by atoms with Crippen LogP contribution in [0, 0.1) is 0 Å². The lowest BCUT2D eigenvalue weighted by molar-refractivity contribution is 0.0300. The van der Waals surface area contributed by atoms with Gasteiger partial charge >= 0.3 is 0 Å². The molecule has 3 aliphatic carbocycles. The van der Waals surface area contributed by atoms with Gasteiger partial charge in [-0.1, -0.05) is 0 Å². The van der Waals surface area contributed by atoms with Gasteiger partial charge < -0.3 is 10.4 Å². The quantitative estimate of drug-likeness (QED) is 0.799. The highest BCUT2D eigenvalue weighted by molar-refractivity contribution is 5.01. The second kappa shape index (κ2) is 5.80. The lowest BCUT2D eigenvalue weighted by Crippen LogP contribution is -2.59. The largest absolute Gasteiger partial charge is 0.394 e. The molecular formula is C17H31N3O. The molecule has 0 aromatic heterocycles. The minimum absolute atomic E-state index is 0.0255. The van der Waals surface area contributed by atoms with Crippen molar-refractivity contribution < 1.29 is 5.11 Å². The summed E-state index contributed by atoms with van der Waals surface area (Å²) in [6, 6.07) is 2.31. The number of aliphatic hydroxyl groups is 1. The van der Waals surface area contributed by atoms with Crippen LogP contribution in [0.3, 0.4) is 0 Å². The Bertz CT molecular complexity index is 361. The third kappa shape index (κ3) is 3.29. The molecule has 2 N–H and O–H groups in total. The molecule has 0 amide bonds. The van der Waals surface area contributed by atoms with Crippen molar-refractivity contribution in [3.05, 3.63) is 0 Å². The van der Waals surface area contributed by atoms with E-state index < -0.39 is 0 Å². The molecule has 1 heterocycles. The molecule has 4 heteroatoms. The summed E-state index contributed by atoms with van der Waals surface area (Å²) in [6.45, 7) is 5.34. The third-order valence-corrected chi connectivity index (χ3v) is 6.14. The van der Waals surface area contributed by atoms with Crippen LogP contribution >= 0.6 is 0 Å². The van der Waals surface area contributed by atoms with Gasteiger partial charge in [0.2, 0.25) is 0 Å². The fraction of sp³-hybridized carbons (Fsp3) is 1.00. The molecule has 21 heavy (non-hydrogen) atoms. The van der Waals surface area contributed by atoms with Crippen LogP contribution in [0.1, 0.15) is 51.4 Å². The standard InChI is InChI=1S/C17H31N3O/c21-13-17(18-14-3-4-14)7-1-2-16(12-17)20-10-8-19(9-11-20)15-5-6-15/h14-16,18,21H,1-13H2. The maximum atomic E-state index is 9.97. The van der Waals surface area contributed by atoms with Crippen molar-refractivity contribution in [1.29, 1.82) is 0 Å². The number of nitrogens with zero attached hydrogens (tertiary/aromatic N) is 2.